The maximum Gasteiger partial charge on any atom is 0.192 e. The molecule has 0 bridgehead atoms. The quantitative estimate of drug-likeness (QED) is 0.153. The van der Waals surface area contributed by atoms with Gasteiger partial charge in [-0.05, 0) is 95.6 Å². The summed E-state index contributed by atoms with van der Waals surface area (Å²) in [6.07, 6.45) is 4.19. The Kier molecular flexibility index (Phi) is 12.6. The van der Waals surface area contributed by atoms with Crippen LogP contribution >= 0.6 is 22.6 Å². The molecule has 0 aromatic heterocycles. The topological polar surface area (TPSA) is 55.4 Å². The van der Waals surface area contributed by atoms with Gasteiger partial charge >= 0.3 is 0 Å². The third kappa shape index (κ3) is 10.5. The van der Waals surface area contributed by atoms with Crippen molar-refractivity contribution in [3.63, 3.8) is 0 Å². The highest BCUT2D eigenvalue weighted by atomic mass is 127. The van der Waals surface area contributed by atoms with E-state index in [1.54, 1.807) is 14.2 Å². The Morgan fingerprint density at radius 3 is 2.30 bits per heavy atom. The standard InChI is InChI=1S/C29H49IO6Si/c1-21(30)12-11-13-24(36-37(9,10)28(2,3)4)25(32-8)18-26(27-20-34-29(5,6)35-27)33-19-22-14-16-23(31-7)17-15-22/h12,14-17,24-27H,11,13,18-20H2,1-10H3/b21-12+/t24-,25-,26-,27-/m0/s1. The molecular weight excluding hydrogens is 599 g/mol. The molecule has 0 saturated carbocycles. The molecule has 0 unspecified atom stereocenters. The SMILES string of the molecule is COc1ccc(CO[C@@H](C[C@H](OC)[C@H](CC/C=C(\C)I)O[Si](C)(C)C(C)(C)C)[C@@H]2COC(C)(C)O2)cc1. The van der Waals surface area contributed by atoms with Crippen molar-refractivity contribution in [1.29, 1.82) is 0 Å². The Hall–Kier alpha value is -0.493. The second kappa shape index (κ2) is 14.2. The van der Waals surface area contributed by atoms with Crippen LogP contribution in [0.5, 0.6) is 5.75 Å². The molecular formula is C29H49IO6Si. The predicted molar refractivity (Wildman–Crippen MR) is 161 cm³/mol. The maximum atomic E-state index is 6.97. The van der Waals surface area contributed by atoms with E-state index < -0.39 is 14.1 Å². The third-order valence-electron chi connectivity index (χ3n) is 7.38. The first kappa shape index (κ1) is 32.7. The van der Waals surface area contributed by atoms with Crippen LogP contribution in [0.15, 0.2) is 33.9 Å². The van der Waals surface area contributed by atoms with Gasteiger partial charge in [-0.2, -0.15) is 0 Å². The lowest BCUT2D eigenvalue weighted by Crippen LogP contribution is -2.49. The van der Waals surface area contributed by atoms with Crippen molar-refractivity contribution in [1.82, 2.24) is 0 Å². The molecule has 6 nitrogen and oxygen atoms in total. The van der Waals surface area contributed by atoms with Gasteiger partial charge in [0.2, 0.25) is 0 Å². The van der Waals surface area contributed by atoms with Gasteiger partial charge in [0, 0.05) is 13.5 Å². The van der Waals surface area contributed by atoms with E-state index in [9.17, 15) is 0 Å². The summed E-state index contributed by atoms with van der Waals surface area (Å²) in [5, 5.41) is 0.106. The Morgan fingerprint density at radius 2 is 1.81 bits per heavy atom. The van der Waals surface area contributed by atoms with Crippen LogP contribution in [0.1, 0.15) is 66.4 Å². The minimum absolute atomic E-state index is 0.0414. The molecule has 0 spiro atoms. The lowest BCUT2D eigenvalue weighted by atomic mass is 9.99. The normalized spacial score (nSPS) is 21.1. The molecule has 1 aliphatic rings. The lowest BCUT2D eigenvalue weighted by molar-refractivity contribution is -0.164. The molecule has 1 fully saturated rings. The van der Waals surface area contributed by atoms with Crippen LogP contribution in [0.4, 0.5) is 0 Å². The van der Waals surface area contributed by atoms with E-state index in [-0.39, 0.29) is 29.5 Å². The lowest BCUT2D eigenvalue weighted by Gasteiger charge is -2.42. The van der Waals surface area contributed by atoms with Crippen molar-refractivity contribution in [2.24, 2.45) is 0 Å². The summed E-state index contributed by atoms with van der Waals surface area (Å²) >= 11 is 2.37. The van der Waals surface area contributed by atoms with Crippen LogP contribution in [-0.4, -0.2) is 59.3 Å². The van der Waals surface area contributed by atoms with Crippen LogP contribution in [0.25, 0.3) is 0 Å². The summed E-state index contributed by atoms with van der Waals surface area (Å²) in [6, 6.07) is 7.97. The van der Waals surface area contributed by atoms with Crippen LogP contribution < -0.4 is 4.74 Å². The summed E-state index contributed by atoms with van der Waals surface area (Å²) in [5.74, 6) is 0.199. The molecule has 37 heavy (non-hydrogen) atoms. The summed E-state index contributed by atoms with van der Waals surface area (Å²) < 4.78 is 38.4. The Morgan fingerprint density at radius 1 is 1.16 bits per heavy atom. The predicted octanol–water partition coefficient (Wildman–Crippen LogP) is 7.65. The Balaban J connectivity index is 2.25. The second-order valence-corrected chi connectivity index (χ2v) is 18.3. The second-order valence-electron chi connectivity index (χ2n) is 11.9. The average molecular weight is 649 g/mol. The third-order valence-corrected chi connectivity index (χ3v) is 12.3. The first-order valence-corrected chi connectivity index (χ1v) is 17.3. The molecule has 212 valence electrons. The minimum atomic E-state index is -2.02. The van der Waals surface area contributed by atoms with Crippen molar-refractivity contribution < 1.29 is 28.1 Å². The van der Waals surface area contributed by atoms with E-state index in [4.69, 9.17) is 28.1 Å². The van der Waals surface area contributed by atoms with Gasteiger partial charge in [0.25, 0.3) is 0 Å². The largest absolute Gasteiger partial charge is 0.497 e. The molecule has 1 aromatic carbocycles. The van der Waals surface area contributed by atoms with Crippen molar-refractivity contribution in [2.45, 2.75) is 116 Å². The van der Waals surface area contributed by atoms with Crippen LogP contribution in [-0.2, 0) is 30.0 Å². The van der Waals surface area contributed by atoms with Crippen LogP contribution in [0, 0.1) is 0 Å². The van der Waals surface area contributed by atoms with E-state index in [0.29, 0.717) is 19.6 Å². The van der Waals surface area contributed by atoms with E-state index in [1.807, 2.05) is 38.1 Å². The fraction of sp³-hybridized carbons (Fsp3) is 0.724. The zero-order valence-electron chi connectivity index (χ0n) is 24.6. The number of halogens is 1. The van der Waals surface area contributed by atoms with E-state index >= 15 is 0 Å². The molecule has 1 saturated heterocycles. The summed E-state index contributed by atoms with van der Waals surface area (Å²) in [6.45, 7) is 18.4. The smallest absolute Gasteiger partial charge is 0.192 e. The van der Waals surface area contributed by atoms with E-state index in [0.717, 1.165) is 24.2 Å². The highest BCUT2D eigenvalue weighted by Gasteiger charge is 2.43. The molecule has 1 heterocycles. The molecule has 0 N–H and O–H groups in total. The van der Waals surface area contributed by atoms with Gasteiger partial charge in [0.15, 0.2) is 14.1 Å². The first-order valence-electron chi connectivity index (χ1n) is 13.3. The number of methoxy groups -OCH3 is 2. The molecule has 4 atom stereocenters. The molecule has 2 rings (SSSR count). The monoisotopic (exact) mass is 648 g/mol. The van der Waals surface area contributed by atoms with Crippen LogP contribution in [0.2, 0.25) is 18.1 Å². The van der Waals surface area contributed by atoms with Gasteiger partial charge < -0.3 is 28.1 Å². The Bertz CT molecular complexity index is 845. The number of benzene rings is 1. The van der Waals surface area contributed by atoms with E-state index in [2.05, 4.69) is 69.5 Å². The van der Waals surface area contributed by atoms with Gasteiger partial charge in [-0.3, -0.25) is 0 Å². The zero-order chi connectivity index (χ0) is 27.9. The van der Waals surface area contributed by atoms with E-state index in [1.165, 1.54) is 3.58 Å². The maximum absolute atomic E-state index is 6.97. The number of hydrogen-bond acceptors (Lipinski definition) is 6. The van der Waals surface area contributed by atoms with Crippen molar-refractivity contribution >= 4 is 30.9 Å². The van der Waals surface area contributed by atoms with Crippen molar-refractivity contribution in [2.75, 3.05) is 20.8 Å². The number of hydrogen-bond donors (Lipinski definition) is 0. The fourth-order valence-corrected chi connectivity index (χ4v) is 5.79. The highest BCUT2D eigenvalue weighted by Crippen LogP contribution is 2.39. The average Bonchev–Trinajstić information content (AvgIpc) is 3.17. The summed E-state index contributed by atoms with van der Waals surface area (Å²) in [7, 11) is 1.43. The fourth-order valence-electron chi connectivity index (χ4n) is 4.10. The first-order chi connectivity index (χ1) is 17.2. The molecule has 0 radical (unpaired) electrons. The zero-order valence-corrected chi connectivity index (χ0v) is 27.7. The number of allylic oxidation sites excluding steroid dienone is 2. The van der Waals surface area contributed by atoms with Gasteiger partial charge in [-0.15, -0.1) is 0 Å². The highest BCUT2D eigenvalue weighted by molar-refractivity contribution is 14.1. The number of ether oxygens (including phenoxy) is 5. The molecule has 0 amide bonds. The number of rotatable bonds is 14. The minimum Gasteiger partial charge on any atom is -0.497 e. The summed E-state index contributed by atoms with van der Waals surface area (Å²) in [4.78, 5) is 0. The summed E-state index contributed by atoms with van der Waals surface area (Å²) in [5.41, 5.74) is 1.08. The van der Waals surface area contributed by atoms with Gasteiger partial charge in [0.1, 0.15) is 11.9 Å². The van der Waals surface area contributed by atoms with Gasteiger partial charge in [-0.25, -0.2) is 0 Å². The van der Waals surface area contributed by atoms with Crippen molar-refractivity contribution in [3.8, 4) is 5.75 Å². The molecule has 1 aliphatic heterocycles. The molecule has 8 heteroatoms. The van der Waals surface area contributed by atoms with Gasteiger partial charge in [0.05, 0.1) is 38.6 Å². The van der Waals surface area contributed by atoms with Gasteiger partial charge in [-0.1, -0.05) is 39.0 Å². The molecule has 1 aromatic rings. The van der Waals surface area contributed by atoms with Crippen molar-refractivity contribution in [3.05, 3.63) is 39.5 Å². The molecule has 0 aliphatic carbocycles. The Labute approximate surface area is 240 Å². The van der Waals surface area contributed by atoms with Crippen LogP contribution in [0.3, 0.4) is 0 Å².